The second-order valence-electron chi connectivity index (χ2n) is 21.7. The molecular weight excluding hydrogens is 1140 g/mol. The number of aryl methyl sites for hydroxylation is 2. The highest BCUT2D eigenvalue weighted by Crippen LogP contribution is 2.42. The fourth-order valence-electron chi connectivity index (χ4n) is 11.9. The highest BCUT2D eigenvalue weighted by molar-refractivity contribution is 6.24. The lowest BCUT2D eigenvalue weighted by Crippen LogP contribution is -2.14. The fourth-order valence-corrected chi connectivity index (χ4v) is 11.9. The topological polar surface area (TPSA) is 145 Å². The molecule has 0 spiro atoms. The van der Waals surface area contributed by atoms with Crippen LogP contribution in [-0.4, -0.2) is 107 Å². The summed E-state index contributed by atoms with van der Waals surface area (Å²) in [6.07, 6.45) is 11.1. The average Bonchev–Trinajstić information content (AvgIpc) is 0.818. The van der Waals surface area contributed by atoms with Gasteiger partial charge >= 0.3 is 11.9 Å². The van der Waals surface area contributed by atoms with E-state index in [1.807, 2.05) is 60.7 Å². The number of methoxy groups -OCH3 is 6. The van der Waals surface area contributed by atoms with Gasteiger partial charge in [-0.2, -0.15) is 0 Å². The fraction of sp³-hybridized carbons (Fsp3) is 0.263. The van der Waals surface area contributed by atoms with E-state index in [2.05, 4.69) is 109 Å². The van der Waals surface area contributed by atoms with Gasteiger partial charge in [0.1, 0.15) is 37.9 Å². The summed E-state index contributed by atoms with van der Waals surface area (Å²) in [4.78, 5) is 25.9. The molecule has 462 valence electrons. The van der Waals surface area contributed by atoms with Gasteiger partial charge in [-0.3, -0.25) is 9.59 Å². The van der Waals surface area contributed by atoms with Crippen molar-refractivity contribution >= 4 is 101 Å². The molecule has 0 heterocycles. The van der Waals surface area contributed by atoms with Gasteiger partial charge in [0, 0.05) is 24.0 Å². The predicted octanol–water partition coefficient (Wildman–Crippen LogP) is 15.8. The Bertz CT molecular complexity index is 4000. The predicted molar refractivity (Wildman–Crippen MR) is 357 cm³/mol. The zero-order valence-electron chi connectivity index (χ0n) is 51.8. The second kappa shape index (κ2) is 29.5. The van der Waals surface area contributed by atoms with Crippen LogP contribution >= 0.6 is 0 Å². The van der Waals surface area contributed by atoms with Crippen LogP contribution in [0.4, 0.5) is 0 Å². The summed E-state index contributed by atoms with van der Waals surface area (Å²) in [6.45, 7) is 1.40. The van der Waals surface area contributed by atoms with Gasteiger partial charge in [0.15, 0.2) is 23.0 Å². The first kappa shape index (κ1) is 61.9. The van der Waals surface area contributed by atoms with Crippen molar-refractivity contribution in [1.82, 2.24) is 0 Å². The van der Waals surface area contributed by atoms with Crippen molar-refractivity contribution < 1.29 is 66.4 Å². The van der Waals surface area contributed by atoms with Gasteiger partial charge in [-0.1, -0.05) is 133 Å². The Morgan fingerprint density at radius 1 is 0.344 bits per heavy atom. The van der Waals surface area contributed by atoms with Gasteiger partial charge in [-0.15, -0.1) is 0 Å². The molecule has 0 saturated heterocycles. The van der Waals surface area contributed by atoms with Crippen LogP contribution < -0.4 is 37.9 Å². The first-order valence-corrected chi connectivity index (χ1v) is 30.4. The number of esters is 2. The van der Waals surface area contributed by atoms with E-state index < -0.39 is 0 Å². The van der Waals surface area contributed by atoms with Crippen LogP contribution in [0.3, 0.4) is 0 Å². The van der Waals surface area contributed by atoms with Gasteiger partial charge in [0.05, 0.1) is 69.1 Å². The normalized spacial score (nSPS) is 11.7. The highest BCUT2D eigenvalue weighted by Gasteiger charge is 2.18. The van der Waals surface area contributed by atoms with E-state index in [1.165, 1.54) is 75.8 Å². The number of rotatable bonds is 32. The van der Waals surface area contributed by atoms with E-state index in [1.54, 1.807) is 42.7 Å². The van der Waals surface area contributed by atoms with Crippen molar-refractivity contribution in [3.05, 3.63) is 179 Å². The molecule has 11 rings (SSSR count). The minimum atomic E-state index is -0.267. The van der Waals surface area contributed by atoms with E-state index in [0.29, 0.717) is 82.8 Å². The molecule has 0 aliphatic rings. The quantitative estimate of drug-likeness (QED) is 0.0171. The van der Waals surface area contributed by atoms with E-state index in [0.717, 1.165) is 24.0 Å². The molecule has 0 saturated carbocycles. The maximum absolute atomic E-state index is 12.9. The first-order valence-electron chi connectivity index (χ1n) is 30.4. The van der Waals surface area contributed by atoms with E-state index in [-0.39, 0.29) is 64.8 Å². The van der Waals surface area contributed by atoms with Crippen molar-refractivity contribution in [2.75, 3.05) is 95.5 Å². The summed E-state index contributed by atoms with van der Waals surface area (Å²) in [5.41, 5.74) is 5.36. The standard InChI is InChI=1S/C76H74O14/c1-79-65-43-49(44-66(80-2)75(65)83-5)19-21-59-47-64(88-40-36-86-38-42-90-70(78)18-10-12-52-24-26-58-30-28-54-14-8-16-56-32-34-62(52)74(58)72(54)56)60(22-20-50-45-67(81-3)76(84-6)68(46-50)82-4)48-63(59)87-39-35-85-37-41-89-69(77)17-9-11-51-23-25-57-29-27-53-13-7-15-55-31-33-61(51)73(57)71(53)55/h7-8,13-16,19-34,43-48H,9-12,17-18,35-42H2,1-6H3/b21-19+,22-20+. The number of carbonyl (C=O) groups is 2. The number of carbonyl (C=O) groups excluding carboxylic acids is 2. The van der Waals surface area contributed by atoms with Gasteiger partial charge < -0.3 is 56.8 Å². The molecule has 0 radical (unpaired) electrons. The number of benzene rings is 11. The third kappa shape index (κ3) is 14.1. The first-order chi connectivity index (χ1) is 44.2. The maximum atomic E-state index is 12.9. The molecule has 0 amide bonds. The van der Waals surface area contributed by atoms with Crippen LogP contribution in [0.5, 0.6) is 46.0 Å². The summed E-state index contributed by atoms with van der Waals surface area (Å²) in [5, 5.41) is 14.9. The monoisotopic (exact) mass is 1210 g/mol. The largest absolute Gasteiger partial charge is 0.493 e. The average molecular weight is 1210 g/mol. The summed E-state index contributed by atoms with van der Waals surface area (Å²) >= 11 is 0. The Balaban J connectivity index is 0.723. The van der Waals surface area contributed by atoms with Gasteiger partial charge in [0.25, 0.3) is 0 Å². The molecule has 11 aromatic carbocycles. The van der Waals surface area contributed by atoms with Crippen LogP contribution in [0.15, 0.2) is 146 Å². The third-order valence-electron chi connectivity index (χ3n) is 16.3. The van der Waals surface area contributed by atoms with Crippen LogP contribution in [0.25, 0.3) is 88.9 Å². The van der Waals surface area contributed by atoms with Crippen LogP contribution in [0.2, 0.25) is 0 Å². The number of hydrogen-bond acceptors (Lipinski definition) is 14. The van der Waals surface area contributed by atoms with Crippen molar-refractivity contribution in [3.8, 4) is 46.0 Å². The molecule has 0 unspecified atom stereocenters. The number of hydrogen-bond donors (Lipinski definition) is 0. The lowest BCUT2D eigenvalue weighted by Gasteiger charge is -2.16. The summed E-state index contributed by atoms with van der Waals surface area (Å²) in [5.74, 6) is 3.46. The molecule has 0 aromatic heterocycles. The summed E-state index contributed by atoms with van der Waals surface area (Å²) < 4.78 is 69.9. The maximum Gasteiger partial charge on any atom is 0.305 e. The van der Waals surface area contributed by atoms with Crippen LogP contribution in [-0.2, 0) is 41.4 Å². The van der Waals surface area contributed by atoms with Crippen molar-refractivity contribution in [2.24, 2.45) is 0 Å². The van der Waals surface area contributed by atoms with Crippen molar-refractivity contribution in [2.45, 2.75) is 38.5 Å². The van der Waals surface area contributed by atoms with Gasteiger partial charge in [-0.05, 0) is 149 Å². The minimum Gasteiger partial charge on any atom is -0.493 e. The molecule has 0 atom stereocenters. The third-order valence-corrected chi connectivity index (χ3v) is 16.3. The zero-order chi connectivity index (χ0) is 62.3. The molecule has 0 N–H and O–H groups in total. The second-order valence-corrected chi connectivity index (χ2v) is 21.7. The van der Waals surface area contributed by atoms with E-state index in [4.69, 9.17) is 56.8 Å². The van der Waals surface area contributed by atoms with Crippen molar-refractivity contribution in [1.29, 1.82) is 0 Å². The Kier molecular flexibility index (Phi) is 20.3. The SMILES string of the molecule is COc1cc(/C=C/c2cc(OCCOCCOC(=O)CCCc3ccc4ccc5cccc6ccc3c4c56)c(/C=C/c3cc(OC)c(OC)c(OC)c3)cc2OCCOCCOC(=O)CCCc2ccc3ccc4cccc5ccc2c3c45)cc(OC)c1OC. The summed E-state index contributed by atoms with van der Waals surface area (Å²) in [6, 6.07) is 50.2. The van der Waals surface area contributed by atoms with Crippen LogP contribution in [0, 0.1) is 0 Å². The number of ether oxygens (including phenoxy) is 12. The Morgan fingerprint density at radius 2 is 0.689 bits per heavy atom. The molecule has 0 aliphatic heterocycles. The Morgan fingerprint density at radius 3 is 1.06 bits per heavy atom. The lowest BCUT2D eigenvalue weighted by atomic mass is 9.90. The van der Waals surface area contributed by atoms with Gasteiger partial charge in [-0.25, -0.2) is 0 Å². The molecule has 0 fully saturated rings. The van der Waals surface area contributed by atoms with E-state index in [9.17, 15) is 9.59 Å². The minimum absolute atomic E-state index is 0.113. The van der Waals surface area contributed by atoms with E-state index >= 15 is 0 Å². The molecular formula is C76H74O14. The zero-order valence-corrected chi connectivity index (χ0v) is 51.8. The molecule has 0 aliphatic carbocycles. The smallest absolute Gasteiger partial charge is 0.305 e. The molecule has 14 heteroatoms. The molecule has 0 bridgehead atoms. The Hall–Kier alpha value is -9.76. The summed E-state index contributed by atoms with van der Waals surface area (Å²) in [7, 11) is 9.40. The molecule has 11 aromatic rings. The molecule has 14 nitrogen and oxygen atoms in total. The van der Waals surface area contributed by atoms with Crippen molar-refractivity contribution in [3.63, 3.8) is 0 Å². The molecule has 90 heavy (non-hydrogen) atoms. The van der Waals surface area contributed by atoms with Crippen LogP contribution in [0.1, 0.15) is 59.1 Å². The highest BCUT2D eigenvalue weighted by atomic mass is 16.6. The lowest BCUT2D eigenvalue weighted by molar-refractivity contribution is -0.146. The Labute approximate surface area is 524 Å². The van der Waals surface area contributed by atoms with Gasteiger partial charge in [0.2, 0.25) is 11.5 Å².